The Morgan fingerprint density at radius 3 is 2.74 bits per heavy atom. The van der Waals surface area contributed by atoms with Crippen LogP contribution in [-0.4, -0.2) is 18.1 Å². The van der Waals surface area contributed by atoms with Crippen LogP contribution in [-0.2, 0) is 0 Å². The molecule has 0 saturated carbocycles. The van der Waals surface area contributed by atoms with Gasteiger partial charge >= 0.3 is 0 Å². The van der Waals surface area contributed by atoms with Crippen molar-refractivity contribution in [2.24, 2.45) is 5.92 Å². The Bertz CT molecular complexity index is 604. The van der Waals surface area contributed by atoms with Crippen LogP contribution in [0.3, 0.4) is 0 Å². The molecule has 2 N–H and O–H groups in total. The van der Waals surface area contributed by atoms with Crippen LogP contribution in [0.4, 0.5) is 15.9 Å². The zero-order chi connectivity index (χ0) is 13.4. The highest BCUT2D eigenvalue weighted by Crippen LogP contribution is 2.33. The first-order valence-corrected chi connectivity index (χ1v) is 6.74. The van der Waals surface area contributed by atoms with E-state index in [2.05, 4.69) is 16.8 Å². The standard InChI is InChI=1S/C15H18FN3/c1-10-5-8-19(9-6-10)15-14-11(4-7-18-15)12(16)2-3-13(14)17/h2-4,7,10H,5-6,8-9,17H2,1H3. The lowest BCUT2D eigenvalue weighted by atomic mass is 9.98. The zero-order valence-electron chi connectivity index (χ0n) is 11.1. The minimum absolute atomic E-state index is 0.238. The Balaban J connectivity index is 2.11. The average molecular weight is 259 g/mol. The van der Waals surface area contributed by atoms with E-state index in [0.717, 1.165) is 43.1 Å². The number of fused-ring (bicyclic) bond motifs is 1. The van der Waals surface area contributed by atoms with Gasteiger partial charge in [0.15, 0.2) is 0 Å². The number of halogens is 1. The van der Waals surface area contributed by atoms with Gasteiger partial charge in [-0.3, -0.25) is 0 Å². The topological polar surface area (TPSA) is 42.2 Å². The lowest BCUT2D eigenvalue weighted by Crippen LogP contribution is -2.33. The number of benzene rings is 1. The maximum atomic E-state index is 13.9. The van der Waals surface area contributed by atoms with Gasteiger partial charge in [0, 0.05) is 30.4 Å². The predicted molar refractivity (Wildman–Crippen MR) is 76.7 cm³/mol. The third-order valence-corrected chi connectivity index (χ3v) is 3.97. The second-order valence-corrected chi connectivity index (χ2v) is 5.36. The molecule has 0 amide bonds. The molecule has 0 bridgehead atoms. The molecular formula is C15H18FN3. The van der Waals surface area contributed by atoms with Crippen LogP contribution < -0.4 is 10.6 Å². The Morgan fingerprint density at radius 2 is 2.00 bits per heavy atom. The molecule has 2 heterocycles. The van der Waals surface area contributed by atoms with E-state index in [1.165, 1.54) is 6.07 Å². The van der Waals surface area contributed by atoms with Gasteiger partial charge in [0.25, 0.3) is 0 Å². The quantitative estimate of drug-likeness (QED) is 0.800. The molecule has 3 nitrogen and oxygen atoms in total. The van der Waals surface area contributed by atoms with E-state index in [9.17, 15) is 4.39 Å². The smallest absolute Gasteiger partial charge is 0.138 e. The van der Waals surface area contributed by atoms with Crippen LogP contribution in [0.2, 0.25) is 0 Å². The highest BCUT2D eigenvalue weighted by molar-refractivity contribution is 6.01. The predicted octanol–water partition coefficient (Wildman–Crippen LogP) is 3.19. The van der Waals surface area contributed by atoms with Gasteiger partial charge in [-0.05, 0) is 37.0 Å². The van der Waals surface area contributed by atoms with Crippen LogP contribution in [0.15, 0.2) is 24.4 Å². The number of rotatable bonds is 1. The Morgan fingerprint density at radius 1 is 1.26 bits per heavy atom. The van der Waals surface area contributed by atoms with E-state index in [1.807, 2.05) is 0 Å². The number of nitrogens with zero attached hydrogens (tertiary/aromatic N) is 2. The third-order valence-electron chi connectivity index (χ3n) is 3.97. The lowest BCUT2D eigenvalue weighted by molar-refractivity contribution is 0.437. The first-order chi connectivity index (χ1) is 9.16. The summed E-state index contributed by atoms with van der Waals surface area (Å²) in [6, 6.07) is 4.73. The van der Waals surface area contributed by atoms with Crippen molar-refractivity contribution in [1.82, 2.24) is 4.98 Å². The molecule has 3 rings (SSSR count). The van der Waals surface area contributed by atoms with Crippen LogP contribution in [0.1, 0.15) is 19.8 Å². The fourth-order valence-corrected chi connectivity index (χ4v) is 2.73. The van der Waals surface area contributed by atoms with Crippen molar-refractivity contribution in [1.29, 1.82) is 0 Å². The Hall–Kier alpha value is -1.84. The van der Waals surface area contributed by atoms with Crippen LogP contribution >= 0.6 is 0 Å². The lowest BCUT2D eigenvalue weighted by Gasteiger charge is -2.32. The monoisotopic (exact) mass is 259 g/mol. The van der Waals surface area contributed by atoms with Gasteiger partial charge in [-0.15, -0.1) is 0 Å². The van der Waals surface area contributed by atoms with E-state index in [1.54, 1.807) is 18.3 Å². The molecule has 100 valence electrons. The molecule has 0 atom stereocenters. The van der Waals surface area contributed by atoms with Gasteiger partial charge in [0.1, 0.15) is 11.6 Å². The molecule has 0 radical (unpaired) electrons. The highest BCUT2D eigenvalue weighted by atomic mass is 19.1. The second-order valence-electron chi connectivity index (χ2n) is 5.36. The number of nitrogens with two attached hydrogens (primary N) is 1. The van der Waals surface area contributed by atoms with Gasteiger partial charge in [-0.1, -0.05) is 6.92 Å². The minimum atomic E-state index is -0.238. The van der Waals surface area contributed by atoms with Crippen molar-refractivity contribution in [3.05, 3.63) is 30.2 Å². The molecule has 1 saturated heterocycles. The van der Waals surface area contributed by atoms with Crippen LogP contribution in [0, 0.1) is 11.7 Å². The van der Waals surface area contributed by atoms with Crippen LogP contribution in [0.5, 0.6) is 0 Å². The minimum Gasteiger partial charge on any atom is -0.398 e. The van der Waals surface area contributed by atoms with Crippen molar-refractivity contribution in [2.45, 2.75) is 19.8 Å². The Kier molecular flexibility index (Phi) is 3.01. The number of anilines is 2. The molecule has 4 heteroatoms. The summed E-state index contributed by atoms with van der Waals surface area (Å²) in [5.74, 6) is 1.33. The summed E-state index contributed by atoms with van der Waals surface area (Å²) in [6.07, 6.45) is 3.96. The van der Waals surface area contributed by atoms with E-state index in [4.69, 9.17) is 5.73 Å². The number of hydrogen-bond acceptors (Lipinski definition) is 3. The molecular weight excluding hydrogens is 241 g/mol. The van der Waals surface area contributed by atoms with Crippen LogP contribution in [0.25, 0.3) is 10.8 Å². The van der Waals surface area contributed by atoms with Crippen molar-refractivity contribution in [2.75, 3.05) is 23.7 Å². The molecule has 1 aliphatic heterocycles. The molecule has 1 aromatic heterocycles. The van der Waals surface area contributed by atoms with Crippen molar-refractivity contribution in [3.8, 4) is 0 Å². The summed E-state index contributed by atoms with van der Waals surface area (Å²) in [5, 5.41) is 1.31. The summed E-state index contributed by atoms with van der Waals surface area (Å²) < 4.78 is 13.9. The first-order valence-electron chi connectivity index (χ1n) is 6.74. The van der Waals surface area contributed by atoms with Crippen molar-refractivity contribution >= 4 is 22.3 Å². The van der Waals surface area contributed by atoms with E-state index >= 15 is 0 Å². The summed E-state index contributed by atoms with van der Waals surface area (Å²) in [7, 11) is 0. The summed E-state index contributed by atoms with van der Waals surface area (Å²) in [5.41, 5.74) is 6.62. The largest absolute Gasteiger partial charge is 0.398 e. The SMILES string of the molecule is CC1CCN(c2nccc3c(F)ccc(N)c23)CC1. The number of aromatic nitrogens is 1. The maximum Gasteiger partial charge on any atom is 0.138 e. The Labute approximate surface area is 112 Å². The van der Waals surface area contributed by atoms with E-state index < -0.39 is 0 Å². The molecule has 0 unspecified atom stereocenters. The average Bonchev–Trinajstić information content (AvgIpc) is 2.43. The van der Waals surface area contributed by atoms with E-state index in [-0.39, 0.29) is 5.82 Å². The summed E-state index contributed by atoms with van der Waals surface area (Å²) in [6.45, 7) is 4.19. The van der Waals surface area contributed by atoms with Gasteiger partial charge in [0.05, 0.1) is 5.39 Å². The molecule has 0 aliphatic carbocycles. The number of piperidine rings is 1. The second kappa shape index (κ2) is 4.68. The molecule has 1 aromatic carbocycles. The third kappa shape index (κ3) is 2.11. The van der Waals surface area contributed by atoms with Gasteiger partial charge in [-0.25, -0.2) is 9.37 Å². The fraction of sp³-hybridized carbons (Fsp3) is 0.400. The number of hydrogen-bond donors (Lipinski definition) is 1. The molecule has 1 fully saturated rings. The maximum absolute atomic E-state index is 13.9. The summed E-state index contributed by atoms with van der Waals surface area (Å²) in [4.78, 5) is 6.66. The zero-order valence-corrected chi connectivity index (χ0v) is 11.1. The van der Waals surface area contributed by atoms with Gasteiger partial charge < -0.3 is 10.6 Å². The van der Waals surface area contributed by atoms with E-state index in [0.29, 0.717) is 11.1 Å². The fourth-order valence-electron chi connectivity index (χ4n) is 2.73. The molecule has 19 heavy (non-hydrogen) atoms. The van der Waals surface area contributed by atoms with Gasteiger partial charge in [0.2, 0.25) is 0 Å². The normalized spacial score (nSPS) is 17.1. The highest BCUT2D eigenvalue weighted by Gasteiger charge is 2.20. The first kappa shape index (κ1) is 12.2. The molecule has 1 aliphatic rings. The number of nitrogen functional groups attached to an aromatic ring is 1. The molecule has 0 spiro atoms. The summed E-state index contributed by atoms with van der Waals surface area (Å²) >= 11 is 0. The van der Waals surface area contributed by atoms with Crippen molar-refractivity contribution < 1.29 is 4.39 Å². The number of pyridine rings is 1. The molecule has 2 aromatic rings. The van der Waals surface area contributed by atoms with Gasteiger partial charge in [-0.2, -0.15) is 0 Å². The van der Waals surface area contributed by atoms with Crippen molar-refractivity contribution in [3.63, 3.8) is 0 Å².